The Kier molecular flexibility index (Phi) is 8.51. The van der Waals surface area contributed by atoms with Gasteiger partial charge in [0.25, 0.3) is 0 Å². The van der Waals surface area contributed by atoms with Crippen molar-refractivity contribution in [2.75, 3.05) is 0 Å². The summed E-state index contributed by atoms with van der Waals surface area (Å²) in [6.07, 6.45) is 5.54. The molecule has 0 saturated heterocycles. The molecule has 0 bridgehead atoms. The van der Waals surface area contributed by atoms with E-state index in [1.54, 1.807) is 6.92 Å². The topological polar surface area (TPSA) is 74.6 Å². The first-order chi connectivity index (χ1) is 9.26. The van der Waals surface area contributed by atoms with Crippen molar-refractivity contribution >= 4 is 11.9 Å². The summed E-state index contributed by atoms with van der Waals surface area (Å²) in [5.41, 5.74) is -0.677. The number of hydrogen-bond acceptors (Lipinski definition) is 2. The van der Waals surface area contributed by atoms with Crippen LogP contribution in [0.3, 0.4) is 0 Å². The maximum Gasteiger partial charge on any atom is 0.309 e. The fourth-order valence-corrected chi connectivity index (χ4v) is 2.60. The Hall–Kier alpha value is -1.06. The van der Waals surface area contributed by atoms with Crippen molar-refractivity contribution in [3.8, 4) is 0 Å². The average Bonchev–Trinajstić information content (AvgIpc) is 2.40. The number of carboxylic acids is 2. The quantitative estimate of drug-likeness (QED) is 0.559. The summed E-state index contributed by atoms with van der Waals surface area (Å²) < 4.78 is 0. The van der Waals surface area contributed by atoms with E-state index in [2.05, 4.69) is 13.8 Å². The van der Waals surface area contributed by atoms with Crippen LogP contribution in [0.25, 0.3) is 0 Å². The Bertz CT molecular complexity index is 310. The monoisotopic (exact) mass is 286 g/mol. The number of aliphatic carboxylic acids is 2. The van der Waals surface area contributed by atoms with Crippen molar-refractivity contribution in [1.82, 2.24) is 0 Å². The van der Waals surface area contributed by atoms with Crippen LogP contribution in [0.4, 0.5) is 0 Å². The molecule has 2 unspecified atom stereocenters. The van der Waals surface area contributed by atoms with Gasteiger partial charge >= 0.3 is 11.9 Å². The van der Waals surface area contributed by atoms with Crippen LogP contribution in [0.2, 0.25) is 0 Å². The minimum Gasteiger partial charge on any atom is -0.481 e. The van der Waals surface area contributed by atoms with Crippen LogP contribution in [0.1, 0.15) is 72.6 Å². The lowest BCUT2D eigenvalue weighted by molar-refractivity contribution is -0.149. The Labute approximate surface area is 122 Å². The van der Waals surface area contributed by atoms with E-state index in [1.165, 1.54) is 0 Å². The fraction of sp³-hybridized carbons (Fsp3) is 0.875. The predicted molar refractivity (Wildman–Crippen MR) is 79.7 cm³/mol. The molecule has 0 saturated carbocycles. The molecule has 0 rings (SSSR count). The number of unbranched alkanes of at least 4 members (excludes halogenated alkanes) is 1. The number of rotatable bonds is 11. The highest BCUT2D eigenvalue weighted by molar-refractivity contribution is 5.74. The van der Waals surface area contributed by atoms with Gasteiger partial charge in [-0.05, 0) is 32.1 Å². The van der Waals surface area contributed by atoms with Gasteiger partial charge in [-0.1, -0.05) is 46.5 Å². The van der Waals surface area contributed by atoms with Crippen LogP contribution in [0.5, 0.6) is 0 Å². The van der Waals surface area contributed by atoms with E-state index in [0.717, 1.165) is 25.7 Å². The second-order valence-electron chi connectivity index (χ2n) is 6.24. The van der Waals surface area contributed by atoms with Crippen molar-refractivity contribution in [3.05, 3.63) is 0 Å². The highest BCUT2D eigenvalue weighted by Gasteiger charge is 2.34. The lowest BCUT2D eigenvalue weighted by Gasteiger charge is -2.29. The maximum absolute atomic E-state index is 11.5. The standard InChI is InChI=1S/C16H30O4/c1-5-13(6-2)11-16(4,15(19)20)10-8-7-9-12(3)14(17)18/h12-13H,5-11H2,1-4H3,(H,17,18)(H,19,20). The van der Waals surface area contributed by atoms with Gasteiger partial charge in [-0.2, -0.15) is 0 Å². The minimum atomic E-state index is -0.775. The molecule has 118 valence electrons. The summed E-state index contributed by atoms with van der Waals surface area (Å²) in [6, 6.07) is 0. The second kappa shape index (κ2) is 8.98. The van der Waals surface area contributed by atoms with E-state index < -0.39 is 17.4 Å². The average molecular weight is 286 g/mol. The molecule has 0 amide bonds. The zero-order valence-electron chi connectivity index (χ0n) is 13.3. The molecule has 4 nitrogen and oxygen atoms in total. The van der Waals surface area contributed by atoms with Gasteiger partial charge in [-0.15, -0.1) is 0 Å². The lowest BCUT2D eigenvalue weighted by atomic mass is 9.75. The number of carboxylic acid groups (broad SMARTS) is 2. The zero-order chi connectivity index (χ0) is 15.8. The minimum absolute atomic E-state index is 0.342. The van der Waals surface area contributed by atoms with Gasteiger partial charge in [-0.3, -0.25) is 9.59 Å². The van der Waals surface area contributed by atoms with Gasteiger partial charge in [0.1, 0.15) is 0 Å². The van der Waals surface area contributed by atoms with Crippen LogP contribution in [-0.4, -0.2) is 22.2 Å². The molecule has 0 aliphatic carbocycles. The van der Waals surface area contributed by atoms with Crippen molar-refractivity contribution in [1.29, 1.82) is 0 Å². The van der Waals surface area contributed by atoms with E-state index in [0.29, 0.717) is 25.2 Å². The van der Waals surface area contributed by atoms with E-state index in [9.17, 15) is 14.7 Å². The third-order valence-electron chi connectivity index (χ3n) is 4.45. The molecule has 0 aromatic heterocycles. The van der Waals surface area contributed by atoms with Gasteiger partial charge in [0.2, 0.25) is 0 Å². The van der Waals surface area contributed by atoms with Crippen molar-refractivity contribution in [2.24, 2.45) is 17.3 Å². The van der Waals surface area contributed by atoms with Gasteiger partial charge in [0.15, 0.2) is 0 Å². The normalized spacial score (nSPS) is 15.8. The summed E-state index contributed by atoms with van der Waals surface area (Å²) in [5.74, 6) is -1.39. The summed E-state index contributed by atoms with van der Waals surface area (Å²) in [4.78, 5) is 22.3. The first kappa shape index (κ1) is 18.9. The highest BCUT2D eigenvalue weighted by Crippen LogP contribution is 2.35. The van der Waals surface area contributed by atoms with Crippen molar-refractivity contribution < 1.29 is 19.8 Å². The smallest absolute Gasteiger partial charge is 0.309 e. The van der Waals surface area contributed by atoms with Crippen molar-refractivity contribution in [2.45, 2.75) is 72.6 Å². The van der Waals surface area contributed by atoms with Crippen molar-refractivity contribution in [3.63, 3.8) is 0 Å². The van der Waals surface area contributed by atoms with Gasteiger partial charge in [-0.25, -0.2) is 0 Å². The molecule has 0 aliphatic heterocycles. The Morgan fingerprint density at radius 2 is 1.65 bits per heavy atom. The van der Waals surface area contributed by atoms with Crippen LogP contribution < -0.4 is 0 Å². The summed E-state index contributed by atoms with van der Waals surface area (Å²) in [6.45, 7) is 7.73. The summed E-state index contributed by atoms with van der Waals surface area (Å²) in [7, 11) is 0. The summed E-state index contributed by atoms with van der Waals surface area (Å²) >= 11 is 0. The molecule has 20 heavy (non-hydrogen) atoms. The second-order valence-corrected chi connectivity index (χ2v) is 6.24. The third kappa shape index (κ3) is 6.40. The fourth-order valence-electron chi connectivity index (χ4n) is 2.60. The first-order valence-corrected chi connectivity index (χ1v) is 7.73. The molecule has 4 heteroatoms. The third-order valence-corrected chi connectivity index (χ3v) is 4.45. The molecule has 0 aromatic rings. The Morgan fingerprint density at radius 1 is 1.10 bits per heavy atom. The van der Waals surface area contributed by atoms with Gasteiger partial charge in [0.05, 0.1) is 11.3 Å². The van der Waals surface area contributed by atoms with E-state index >= 15 is 0 Å². The molecule has 2 N–H and O–H groups in total. The molecular formula is C16H30O4. The van der Waals surface area contributed by atoms with Crippen LogP contribution in [0.15, 0.2) is 0 Å². The zero-order valence-corrected chi connectivity index (χ0v) is 13.3. The molecule has 0 fully saturated rings. The lowest BCUT2D eigenvalue weighted by Crippen LogP contribution is -2.30. The maximum atomic E-state index is 11.5. The van der Waals surface area contributed by atoms with Gasteiger partial charge < -0.3 is 10.2 Å². The Balaban J connectivity index is 4.33. The first-order valence-electron chi connectivity index (χ1n) is 7.73. The molecule has 0 heterocycles. The predicted octanol–water partition coefficient (Wildman–Crippen LogP) is 4.18. The van der Waals surface area contributed by atoms with E-state index in [1.807, 2.05) is 6.92 Å². The number of hydrogen-bond donors (Lipinski definition) is 2. The molecular weight excluding hydrogens is 256 g/mol. The van der Waals surface area contributed by atoms with Crippen LogP contribution >= 0.6 is 0 Å². The van der Waals surface area contributed by atoms with Crippen LogP contribution in [-0.2, 0) is 9.59 Å². The van der Waals surface area contributed by atoms with Gasteiger partial charge in [0, 0.05) is 0 Å². The molecule has 0 aromatic carbocycles. The van der Waals surface area contributed by atoms with E-state index in [4.69, 9.17) is 5.11 Å². The molecule has 0 aliphatic rings. The Morgan fingerprint density at radius 3 is 2.05 bits per heavy atom. The summed E-state index contributed by atoms with van der Waals surface area (Å²) in [5, 5.41) is 18.3. The highest BCUT2D eigenvalue weighted by atomic mass is 16.4. The van der Waals surface area contributed by atoms with Crippen LogP contribution in [0, 0.1) is 17.3 Å². The van der Waals surface area contributed by atoms with E-state index in [-0.39, 0.29) is 5.92 Å². The number of carbonyl (C=O) groups is 2. The SMILES string of the molecule is CCC(CC)CC(C)(CCCCC(C)C(=O)O)C(=O)O. The largest absolute Gasteiger partial charge is 0.481 e. The molecule has 0 radical (unpaired) electrons. The molecule has 2 atom stereocenters. The molecule has 0 spiro atoms.